The van der Waals surface area contributed by atoms with Crippen LogP contribution < -0.4 is 10.4 Å². The van der Waals surface area contributed by atoms with Gasteiger partial charge < -0.3 is 26.6 Å². The Labute approximate surface area is 253 Å². The number of hydrogen-bond acceptors (Lipinski definition) is 8. The molecule has 0 unspecified atom stereocenters. The van der Waals surface area contributed by atoms with E-state index in [0.717, 1.165) is 23.2 Å². The highest BCUT2D eigenvalue weighted by molar-refractivity contribution is 8.76. The van der Waals surface area contributed by atoms with Gasteiger partial charge in [0.15, 0.2) is 0 Å². The summed E-state index contributed by atoms with van der Waals surface area (Å²) in [4.78, 5) is 2.49. The van der Waals surface area contributed by atoms with E-state index >= 15 is 0 Å². The minimum absolute atomic E-state index is 0.539. The fourth-order valence-corrected chi connectivity index (χ4v) is 13.9. The molecule has 0 radical (unpaired) electrons. The molecule has 10 heteroatoms. The maximum atomic E-state index is 6.32. The quantitative estimate of drug-likeness (QED) is 0.126. The van der Waals surface area contributed by atoms with Crippen molar-refractivity contribution in [2.45, 2.75) is 91.9 Å². The molecular weight excluding hydrogens is 577 g/mol. The Morgan fingerprint density at radius 1 is 0.475 bits per heavy atom. The predicted octanol–water partition coefficient (Wildman–Crippen LogP) is 6.74. The largest absolute Gasteiger partial charge is 0.537 e. The first-order valence-corrected chi connectivity index (χ1v) is 20.3. The van der Waals surface area contributed by atoms with Gasteiger partial charge in [0, 0.05) is 59.8 Å². The third-order valence-electron chi connectivity index (χ3n) is 6.50. The number of aryl methyl sites for hydroxylation is 2. The molecule has 2 rings (SSSR count). The van der Waals surface area contributed by atoms with Crippen LogP contribution in [0.5, 0.6) is 0 Å². The van der Waals surface area contributed by atoms with Crippen LogP contribution in [0.2, 0.25) is 0 Å². The highest BCUT2D eigenvalue weighted by Crippen LogP contribution is 2.44. The van der Waals surface area contributed by atoms with E-state index < -0.39 is 17.6 Å². The molecule has 0 atom stereocenters. The highest BCUT2D eigenvalue weighted by Gasteiger charge is 2.46. The molecule has 0 N–H and O–H groups in total. The smallest absolute Gasteiger partial charge is 0.370 e. The van der Waals surface area contributed by atoms with Crippen molar-refractivity contribution in [3.05, 3.63) is 46.5 Å². The van der Waals surface area contributed by atoms with Crippen LogP contribution in [0.4, 0.5) is 0 Å². The molecule has 0 bridgehead atoms. The van der Waals surface area contributed by atoms with Gasteiger partial charge in [-0.15, -0.1) is 0 Å². The van der Waals surface area contributed by atoms with Crippen LogP contribution in [0.25, 0.3) is 0 Å². The Hall–Kier alpha value is -0.666. The molecule has 6 nitrogen and oxygen atoms in total. The molecule has 226 valence electrons. The van der Waals surface area contributed by atoms with Gasteiger partial charge in [0.2, 0.25) is 0 Å². The predicted molar refractivity (Wildman–Crippen MR) is 173 cm³/mol. The summed E-state index contributed by atoms with van der Waals surface area (Å²) >= 11 is 0. The number of hydrogen-bond donors (Lipinski definition) is 0. The Morgan fingerprint density at radius 3 is 0.975 bits per heavy atom. The van der Waals surface area contributed by atoms with Gasteiger partial charge in [0.1, 0.15) is 0 Å². The van der Waals surface area contributed by atoms with Crippen LogP contribution in [0, 0.1) is 13.8 Å². The van der Waals surface area contributed by atoms with Crippen molar-refractivity contribution >= 4 is 49.6 Å². The van der Waals surface area contributed by atoms with Gasteiger partial charge >= 0.3 is 17.6 Å². The third kappa shape index (κ3) is 8.03. The van der Waals surface area contributed by atoms with E-state index in [-0.39, 0.29) is 0 Å². The summed E-state index contributed by atoms with van der Waals surface area (Å²) in [6.45, 7) is 24.0. The Kier molecular flexibility index (Phi) is 15.5. The molecule has 40 heavy (non-hydrogen) atoms. The monoisotopic (exact) mass is 626 g/mol. The van der Waals surface area contributed by atoms with Crippen molar-refractivity contribution in [3.63, 3.8) is 0 Å². The van der Waals surface area contributed by atoms with E-state index in [9.17, 15) is 0 Å². The van der Waals surface area contributed by atoms with E-state index in [2.05, 4.69) is 52.0 Å². The van der Waals surface area contributed by atoms with Gasteiger partial charge in [-0.05, 0) is 90.5 Å². The molecule has 0 aromatic heterocycles. The first-order valence-electron chi connectivity index (χ1n) is 14.7. The van der Waals surface area contributed by atoms with Crippen LogP contribution in [0.3, 0.4) is 0 Å². The van der Waals surface area contributed by atoms with E-state index in [0.29, 0.717) is 39.6 Å². The summed E-state index contributed by atoms with van der Waals surface area (Å²) in [7, 11) is -2.50. The van der Waals surface area contributed by atoms with Crippen molar-refractivity contribution in [2.24, 2.45) is 0 Å². The Morgan fingerprint density at radius 2 is 0.750 bits per heavy atom. The second-order valence-corrected chi connectivity index (χ2v) is 16.2. The highest BCUT2D eigenvalue weighted by atomic mass is 33.1. The van der Waals surface area contributed by atoms with E-state index in [4.69, 9.17) is 26.6 Å². The molecule has 0 fully saturated rings. The van der Waals surface area contributed by atoms with Gasteiger partial charge in [-0.3, -0.25) is 0 Å². The number of benzene rings is 2. The fourth-order valence-electron chi connectivity index (χ4n) is 4.94. The summed E-state index contributed by atoms with van der Waals surface area (Å²) in [5, 5.41) is 2.15. The van der Waals surface area contributed by atoms with Gasteiger partial charge in [0.05, 0.1) is 0 Å². The van der Waals surface area contributed by atoms with Crippen LogP contribution >= 0.6 is 21.6 Å². The number of rotatable bonds is 19. The first-order chi connectivity index (χ1) is 19.3. The van der Waals surface area contributed by atoms with Gasteiger partial charge in [-0.25, -0.2) is 0 Å². The summed E-state index contributed by atoms with van der Waals surface area (Å²) in [5.74, 6) is 0. The molecule has 0 spiro atoms. The molecule has 0 saturated heterocycles. The van der Waals surface area contributed by atoms with Crippen molar-refractivity contribution in [1.82, 2.24) is 0 Å². The molecular formula is C30H50O6S2Si2. The van der Waals surface area contributed by atoms with E-state index in [1.807, 2.05) is 41.5 Å². The van der Waals surface area contributed by atoms with Crippen LogP contribution in [0.15, 0.2) is 34.1 Å². The molecule has 0 aliphatic carbocycles. The third-order valence-corrected chi connectivity index (χ3v) is 15.6. The zero-order chi connectivity index (χ0) is 29.8. The second-order valence-electron chi connectivity index (χ2n) is 9.06. The summed E-state index contributed by atoms with van der Waals surface area (Å²) in [6, 6.07) is 8.67. The zero-order valence-corrected chi connectivity index (χ0v) is 29.9. The fraction of sp³-hybridized carbons (Fsp3) is 0.600. The average molecular weight is 627 g/mol. The second kappa shape index (κ2) is 17.5. The first kappa shape index (κ1) is 35.5. The van der Waals surface area contributed by atoms with E-state index in [1.165, 1.54) is 32.0 Å². The normalized spacial score (nSPS) is 12.3. The zero-order valence-electron chi connectivity index (χ0n) is 26.2. The van der Waals surface area contributed by atoms with Crippen molar-refractivity contribution in [1.29, 1.82) is 0 Å². The summed E-state index contributed by atoms with van der Waals surface area (Å²) in [6.07, 6.45) is 1.72. The molecule has 0 amide bonds. The summed E-state index contributed by atoms with van der Waals surface area (Å²) < 4.78 is 37.9. The topological polar surface area (TPSA) is 55.4 Å². The van der Waals surface area contributed by atoms with Crippen LogP contribution in [0.1, 0.15) is 77.6 Å². The summed E-state index contributed by atoms with van der Waals surface area (Å²) in [5.41, 5.74) is 4.96. The van der Waals surface area contributed by atoms with Crippen molar-refractivity contribution < 1.29 is 26.6 Å². The standard InChI is InChI=1S/C30H50O6S2Si2/c1-11-25-27(39(31-13-3,32-14-4)33-15-5)21-19-23(9)29(25)37-38-30-24(10)20-22-28(26(30)12-2)40(34-16-6,35-17-7)36-18-8/h19-22H,11-18H2,1-10H3. The molecule has 2 aromatic carbocycles. The minimum atomic E-state index is -3.06. The Balaban J connectivity index is 2.65. The van der Waals surface area contributed by atoms with Gasteiger partial charge in [-0.1, -0.05) is 59.7 Å². The maximum Gasteiger partial charge on any atom is 0.537 e. The van der Waals surface area contributed by atoms with Crippen LogP contribution in [-0.2, 0) is 39.4 Å². The maximum absolute atomic E-state index is 6.32. The van der Waals surface area contributed by atoms with Gasteiger partial charge in [-0.2, -0.15) is 0 Å². The molecule has 2 aromatic rings. The lowest BCUT2D eigenvalue weighted by molar-refractivity contribution is 0.0849. The lowest BCUT2D eigenvalue weighted by atomic mass is 10.1. The minimum Gasteiger partial charge on any atom is -0.370 e. The van der Waals surface area contributed by atoms with Crippen molar-refractivity contribution in [3.8, 4) is 0 Å². The van der Waals surface area contributed by atoms with E-state index in [1.54, 1.807) is 21.6 Å². The molecule has 0 aliphatic heterocycles. The molecule has 0 aliphatic rings. The molecule has 0 saturated carbocycles. The lowest BCUT2D eigenvalue weighted by Gasteiger charge is -2.32. The van der Waals surface area contributed by atoms with Crippen molar-refractivity contribution in [2.75, 3.05) is 39.6 Å². The van der Waals surface area contributed by atoms with Crippen LogP contribution in [-0.4, -0.2) is 57.3 Å². The average Bonchev–Trinajstić information content (AvgIpc) is 2.93. The van der Waals surface area contributed by atoms with Gasteiger partial charge in [0.25, 0.3) is 0 Å². The Bertz CT molecular complexity index is 951. The lowest BCUT2D eigenvalue weighted by Crippen LogP contribution is -2.58. The molecule has 0 heterocycles. The SMILES string of the molecule is CCO[Si](OCC)(OCC)c1ccc(C)c(SSc2c(C)ccc([Si](OCC)(OCC)OCC)c2CC)c1CC.